The number of carbonyl (C=O) groups is 1. The molecule has 22 heavy (non-hydrogen) atoms. The molecule has 0 spiro atoms. The molecule has 1 aromatic heterocycles. The number of hydrogen-bond acceptors (Lipinski definition) is 5. The number of hydrogen-bond donors (Lipinski definition) is 2. The maximum absolute atomic E-state index is 11.7. The number of nitrogens with two attached hydrogens (primary N) is 2. The minimum Gasteiger partial charge on any atom is -0.371 e. The van der Waals surface area contributed by atoms with E-state index in [1.807, 2.05) is 12.1 Å². The number of carbonyl (C=O) groups excluding carboxylic acids is 1. The second-order valence-electron chi connectivity index (χ2n) is 5.44. The predicted octanol–water partition coefficient (Wildman–Crippen LogP) is 1.82. The molecule has 1 aromatic carbocycles. The molecule has 0 atom stereocenters. The molecule has 4 N–H and O–H groups in total. The van der Waals surface area contributed by atoms with E-state index in [9.17, 15) is 4.79 Å². The van der Waals surface area contributed by atoms with Gasteiger partial charge in [0, 0.05) is 24.8 Å². The maximum atomic E-state index is 11.7. The largest absolute Gasteiger partial charge is 0.371 e. The van der Waals surface area contributed by atoms with Crippen LogP contribution in [0.25, 0.3) is 11.3 Å². The van der Waals surface area contributed by atoms with Crippen molar-refractivity contribution in [2.45, 2.75) is 19.3 Å². The fourth-order valence-corrected chi connectivity index (χ4v) is 2.83. The van der Waals surface area contributed by atoms with E-state index in [0.29, 0.717) is 5.56 Å². The molecule has 6 nitrogen and oxygen atoms in total. The Balaban J connectivity index is 2.05. The van der Waals surface area contributed by atoms with Crippen molar-refractivity contribution in [3.8, 4) is 11.3 Å². The molecular weight excluding hydrogens is 278 g/mol. The lowest BCUT2D eigenvalue weighted by Crippen LogP contribution is -2.31. The van der Waals surface area contributed by atoms with Gasteiger partial charge in [0.15, 0.2) is 0 Å². The van der Waals surface area contributed by atoms with Crippen molar-refractivity contribution in [3.63, 3.8) is 0 Å². The third-order valence-electron chi connectivity index (χ3n) is 3.93. The first-order chi connectivity index (χ1) is 10.6. The second-order valence-corrected chi connectivity index (χ2v) is 5.44. The lowest BCUT2D eigenvalue weighted by molar-refractivity contribution is 0.100. The monoisotopic (exact) mass is 297 g/mol. The van der Waals surface area contributed by atoms with E-state index in [1.165, 1.54) is 6.42 Å². The van der Waals surface area contributed by atoms with E-state index in [4.69, 9.17) is 11.5 Å². The summed E-state index contributed by atoms with van der Waals surface area (Å²) in [5.74, 6) is -0.176. The van der Waals surface area contributed by atoms with Crippen LogP contribution >= 0.6 is 0 Å². The van der Waals surface area contributed by atoms with Crippen molar-refractivity contribution in [2.24, 2.45) is 5.73 Å². The number of primary amides is 1. The Morgan fingerprint density at radius 3 is 2.59 bits per heavy atom. The van der Waals surface area contributed by atoms with E-state index in [-0.39, 0.29) is 5.95 Å². The summed E-state index contributed by atoms with van der Waals surface area (Å²) in [7, 11) is 0. The molecule has 0 unspecified atom stereocenters. The summed E-state index contributed by atoms with van der Waals surface area (Å²) in [5.41, 5.74) is 14.2. The normalized spacial score (nSPS) is 14.8. The molecule has 1 saturated heterocycles. The van der Waals surface area contributed by atoms with Crippen LogP contribution in [0.5, 0.6) is 0 Å². The number of aromatic nitrogens is 2. The van der Waals surface area contributed by atoms with Crippen molar-refractivity contribution in [1.29, 1.82) is 0 Å². The second kappa shape index (κ2) is 6.01. The molecule has 0 aliphatic carbocycles. The van der Waals surface area contributed by atoms with Crippen LogP contribution in [0.15, 0.2) is 30.5 Å². The summed E-state index contributed by atoms with van der Waals surface area (Å²) >= 11 is 0. The average Bonchev–Trinajstić information content (AvgIpc) is 2.55. The van der Waals surface area contributed by atoms with E-state index < -0.39 is 5.91 Å². The van der Waals surface area contributed by atoms with Crippen molar-refractivity contribution < 1.29 is 4.79 Å². The smallest absolute Gasteiger partial charge is 0.250 e. The topological polar surface area (TPSA) is 98.1 Å². The minimum atomic E-state index is -0.408. The molecule has 0 bridgehead atoms. The molecule has 0 saturated carbocycles. The Kier molecular flexibility index (Phi) is 3.91. The van der Waals surface area contributed by atoms with E-state index in [2.05, 4.69) is 14.9 Å². The summed E-state index contributed by atoms with van der Waals surface area (Å²) in [5, 5.41) is 0. The van der Waals surface area contributed by atoms with Gasteiger partial charge in [-0.2, -0.15) is 0 Å². The zero-order chi connectivity index (χ0) is 15.5. The molecule has 3 rings (SSSR count). The molecule has 2 heterocycles. The molecule has 1 fully saturated rings. The highest BCUT2D eigenvalue weighted by Gasteiger charge is 2.18. The van der Waals surface area contributed by atoms with Crippen LogP contribution in [-0.4, -0.2) is 29.0 Å². The SMILES string of the molecule is NC(=O)c1ccc(-c2ccnc(N)n2)cc1N1CCCCC1. The van der Waals surface area contributed by atoms with Gasteiger partial charge in [-0.1, -0.05) is 6.07 Å². The minimum absolute atomic E-state index is 0.232. The lowest BCUT2D eigenvalue weighted by Gasteiger charge is -2.30. The predicted molar refractivity (Wildman–Crippen MR) is 86.5 cm³/mol. The van der Waals surface area contributed by atoms with Gasteiger partial charge in [0.2, 0.25) is 5.95 Å². The fraction of sp³-hybridized carbons (Fsp3) is 0.312. The van der Waals surface area contributed by atoms with Gasteiger partial charge in [0.05, 0.1) is 16.9 Å². The summed E-state index contributed by atoms with van der Waals surface area (Å²) in [6.45, 7) is 1.88. The first-order valence-corrected chi connectivity index (χ1v) is 7.43. The summed E-state index contributed by atoms with van der Waals surface area (Å²) in [4.78, 5) is 22.1. The van der Waals surface area contributed by atoms with Crippen LogP contribution in [0.2, 0.25) is 0 Å². The average molecular weight is 297 g/mol. The highest BCUT2D eigenvalue weighted by Crippen LogP contribution is 2.29. The third kappa shape index (κ3) is 2.86. The molecule has 1 aliphatic rings. The van der Waals surface area contributed by atoms with Crippen LogP contribution in [0.1, 0.15) is 29.6 Å². The number of amides is 1. The first kappa shape index (κ1) is 14.3. The van der Waals surface area contributed by atoms with Gasteiger partial charge in [-0.3, -0.25) is 4.79 Å². The summed E-state index contributed by atoms with van der Waals surface area (Å²) in [6, 6.07) is 7.37. The van der Waals surface area contributed by atoms with Crippen LogP contribution in [-0.2, 0) is 0 Å². The number of rotatable bonds is 3. The Morgan fingerprint density at radius 2 is 1.91 bits per heavy atom. The molecule has 1 amide bonds. The van der Waals surface area contributed by atoms with Crippen LogP contribution < -0.4 is 16.4 Å². The van der Waals surface area contributed by atoms with Gasteiger partial charge in [-0.25, -0.2) is 9.97 Å². The Morgan fingerprint density at radius 1 is 1.14 bits per heavy atom. The van der Waals surface area contributed by atoms with Gasteiger partial charge < -0.3 is 16.4 Å². The van der Waals surface area contributed by atoms with Crippen molar-refractivity contribution in [1.82, 2.24) is 9.97 Å². The Bertz CT molecular complexity index is 695. The molecule has 0 radical (unpaired) electrons. The van der Waals surface area contributed by atoms with Crippen molar-refractivity contribution in [3.05, 3.63) is 36.0 Å². The summed E-state index contributed by atoms with van der Waals surface area (Å²) < 4.78 is 0. The van der Waals surface area contributed by atoms with E-state index >= 15 is 0 Å². The zero-order valence-corrected chi connectivity index (χ0v) is 12.3. The van der Waals surface area contributed by atoms with Crippen LogP contribution in [0, 0.1) is 0 Å². The quantitative estimate of drug-likeness (QED) is 0.900. The van der Waals surface area contributed by atoms with Gasteiger partial charge >= 0.3 is 0 Å². The lowest BCUT2D eigenvalue weighted by atomic mass is 10.0. The van der Waals surface area contributed by atoms with Gasteiger partial charge in [-0.05, 0) is 37.5 Å². The highest BCUT2D eigenvalue weighted by atomic mass is 16.1. The number of benzene rings is 1. The standard InChI is InChI=1S/C16H19N5O/c17-15(22)12-5-4-11(13-6-7-19-16(18)20-13)10-14(12)21-8-2-1-3-9-21/h4-7,10H,1-3,8-9H2,(H2,17,22)(H2,18,19,20). The number of nitrogen functional groups attached to an aromatic ring is 1. The molecule has 114 valence electrons. The fourth-order valence-electron chi connectivity index (χ4n) is 2.83. The van der Waals surface area contributed by atoms with Gasteiger partial charge in [0.1, 0.15) is 0 Å². The summed E-state index contributed by atoms with van der Waals surface area (Å²) in [6.07, 6.45) is 5.11. The number of anilines is 2. The molecule has 2 aromatic rings. The zero-order valence-electron chi connectivity index (χ0n) is 12.3. The maximum Gasteiger partial charge on any atom is 0.250 e. The molecule has 6 heteroatoms. The van der Waals surface area contributed by atoms with E-state index in [0.717, 1.165) is 42.9 Å². The molecule has 1 aliphatic heterocycles. The number of piperidine rings is 1. The van der Waals surface area contributed by atoms with Crippen LogP contribution in [0.3, 0.4) is 0 Å². The van der Waals surface area contributed by atoms with Crippen molar-refractivity contribution in [2.75, 3.05) is 23.7 Å². The first-order valence-electron chi connectivity index (χ1n) is 7.43. The third-order valence-corrected chi connectivity index (χ3v) is 3.93. The van der Waals surface area contributed by atoms with Crippen molar-refractivity contribution >= 4 is 17.5 Å². The Labute approximate surface area is 129 Å². The highest BCUT2D eigenvalue weighted by molar-refractivity contribution is 5.99. The van der Waals surface area contributed by atoms with E-state index in [1.54, 1.807) is 18.3 Å². The van der Waals surface area contributed by atoms with Crippen LogP contribution in [0.4, 0.5) is 11.6 Å². The molecular formula is C16H19N5O. The number of nitrogens with zero attached hydrogens (tertiary/aromatic N) is 3. The van der Waals surface area contributed by atoms with Gasteiger partial charge in [-0.15, -0.1) is 0 Å². The van der Waals surface area contributed by atoms with Gasteiger partial charge in [0.25, 0.3) is 5.91 Å². The Hall–Kier alpha value is -2.63.